The quantitative estimate of drug-likeness (QED) is 0.684. The minimum Gasteiger partial charge on any atom is -0.362 e. The van der Waals surface area contributed by atoms with Crippen LogP contribution in [0.2, 0.25) is 0 Å². The Kier molecular flexibility index (Phi) is 3.28. The number of amides is 2. The van der Waals surface area contributed by atoms with Gasteiger partial charge in [-0.1, -0.05) is 18.2 Å². The second-order valence-corrected chi connectivity index (χ2v) is 6.16. The van der Waals surface area contributed by atoms with Crippen LogP contribution >= 0.6 is 11.8 Å². The zero-order chi connectivity index (χ0) is 12.5. The summed E-state index contributed by atoms with van der Waals surface area (Å²) in [7, 11) is 0. The molecule has 2 amide bonds. The van der Waals surface area contributed by atoms with Gasteiger partial charge in [-0.05, 0) is 25.2 Å². The summed E-state index contributed by atoms with van der Waals surface area (Å²) in [6.07, 6.45) is 4.72. The van der Waals surface area contributed by atoms with Crippen LogP contribution in [0, 0.1) is 5.92 Å². The number of carbonyl (C=O) groups excluding carboxylic acids is 2. The average molecular weight is 267 g/mol. The second-order valence-electron chi connectivity index (χ2n) is 5.15. The Morgan fingerprint density at radius 3 is 2.94 bits per heavy atom. The fourth-order valence-corrected chi connectivity index (χ4v) is 4.04. The molecule has 3 atom stereocenters. The summed E-state index contributed by atoms with van der Waals surface area (Å²) in [5.41, 5.74) is 0. The summed E-state index contributed by atoms with van der Waals surface area (Å²) >= 11 is 1.71. The van der Waals surface area contributed by atoms with Crippen LogP contribution in [0.3, 0.4) is 0 Å². The smallest absolute Gasteiger partial charge is 0.251 e. The minimum atomic E-state index is -0.393. The molecular weight excluding hydrogens is 250 g/mol. The molecule has 0 spiro atoms. The predicted molar refractivity (Wildman–Crippen MR) is 70.3 cm³/mol. The Morgan fingerprint density at radius 2 is 2.11 bits per heavy atom. The molecule has 1 saturated carbocycles. The summed E-state index contributed by atoms with van der Waals surface area (Å²) in [5, 5.41) is 6.67. The lowest BCUT2D eigenvalue weighted by molar-refractivity contribution is -0.133. The van der Waals surface area contributed by atoms with Crippen LogP contribution in [0.25, 0.3) is 0 Å². The molecule has 0 aromatic carbocycles. The van der Waals surface area contributed by atoms with Gasteiger partial charge in [0.05, 0.1) is 0 Å². The number of amidine groups is 1. The van der Waals surface area contributed by atoms with Crippen LogP contribution in [0.1, 0.15) is 32.1 Å². The highest BCUT2D eigenvalue weighted by molar-refractivity contribution is 8.13. The zero-order valence-electron chi connectivity index (χ0n) is 10.1. The average Bonchev–Trinajstić information content (AvgIpc) is 2.80. The number of hydrogen-bond donors (Lipinski definition) is 2. The molecule has 18 heavy (non-hydrogen) atoms. The third kappa shape index (κ3) is 2.39. The molecule has 98 valence electrons. The molecule has 3 aliphatic rings. The number of nitrogens with zero attached hydrogens (tertiary/aromatic N) is 1. The van der Waals surface area contributed by atoms with E-state index in [-0.39, 0.29) is 11.8 Å². The maximum absolute atomic E-state index is 11.6. The molecule has 1 aliphatic carbocycles. The van der Waals surface area contributed by atoms with Crippen molar-refractivity contribution < 1.29 is 9.59 Å². The second kappa shape index (κ2) is 4.91. The van der Waals surface area contributed by atoms with Gasteiger partial charge in [0.25, 0.3) is 5.91 Å². The van der Waals surface area contributed by atoms with Crippen molar-refractivity contribution in [2.45, 2.75) is 44.2 Å². The van der Waals surface area contributed by atoms with E-state index < -0.39 is 6.04 Å². The molecule has 0 radical (unpaired) electrons. The summed E-state index contributed by atoms with van der Waals surface area (Å²) < 4.78 is 0. The third-order valence-corrected chi connectivity index (χ3v) is 4.98. The topological polar surface area (TPSA) is 70.6 Å². The SMILES string of the molecule is O=C1CCC(N=C2NC3CCCC3CS2)C(=O)N1. The van der Waals surface area contributed by atoms with Gasteiger partial charge in [-0.25, -0.2) is 4.99 Å². The largest absolute Gasteiger partial charge is 0.362 e. The molecule has 2 aliphatic heterocycles. The van der Waals surface area contributed by atoms with Crippen molar-refractivity contribution in [1.82, 2.24) is 10.6 Å². The highest BCUT2D eigenvalue weighted by atomic mass is 32.2. The van der Waals surface area contributed by atoms with Gasteiger partial charge >= 0.3 is 0 Å². The van der Waals surface area contributed by atoms with Crippen molar-refractivity contribution in [3.8, 4) is 0 Å². The Hall–Kier alpha value is -1.04. The molecule has 0 aromatic rings. The normalized spacial score (nSPS) is 38.2. The maximum atomic E-state index is 11.6. The van der Waals surface area contributed by atoms with Crippen LogP contribution in [0.5, 0.6) is 0 Å². The summed E-state index contributed by atoms with van der Waals surface area (Å²) in [5.74, 6) is 1.42. The monoisotopic (exact) mass is 267 g/mol. The number of piperidine rings is 1. The lowest BCUT2D eigenvalue weighted by atomic mass is 10.1. The van der Waals surface area contributed by atoms with Gasteiger partial charge in [0.1, 0.15) is 6.04 Å². The predicted octanol–water partition coefficient (Wildman–Crippen LogP) is 0.653. The highest BCUT2D eigenvalue weighted by Crippen LogP contribution is 2.33. The number of aliphatic imine (C=N–C) groups is 1. The highest BCUT2D eigenvalue weighted by Gasteiger charge is 2.33. The summed E-state index contributed by atoms with van der Waals surface area (Å²) in [4.78, 5) is 27.2. The van der Waals surface area contributed by atoms with Crippen molar-refractivity contribution >= 4 is 28.7 Å². The van der Waals surface area contributed by atoms with E-state index in [1.807, 2.05) is 0 Å². The number of fused-ring (bicyclic) bond motifs is 1. The van der Waals surface area contributed by atoms with Crippen LogP contribution < -0.4 is 10.6 Å². The van der Waals surface area contributed by atoms with Gasteiger partial charge in [-0.15, -0.1) is 0 Å². The van der Waals surface area contributed by atoms with Gasteiger partial charge in [0.15, 0.2) is 5.17 Å². The molecule has 0 aromatic heterocycles. The van der Waals surface area contributed by atoms with Crippen molar-refractivity contribution in [2.24, 2.45) is 10.9 Å². The Bertz CT molecular complexity index is 410. The van der Waals surface area contributed by atoms with E-state index >= 15 is 0 Å². The van der Waals surface area contributed by atoms with Crippen molar-refractivity contribution in [3.63, 3.8) is 0 Å². The van der Waals surface area contributed by atoms with E-state index in [0.29, 0.717) is 18.9 Å². The van der Waals surface area contributed by atoms with Gasteiger partial charge in [0.2, 0.25) is 5.91 Å². The number of hydrogen-bond acceptors (Lipinski definition) is 4. The van der Waals surface area contributed by atoms with E-state index in [1.54, 1.807) is 11.8 Å². The first kappa shape index (κ1) is 12.0. The van der Waals surface area contributed by atoms with Crippen molar-refractivity contribution in [2.75, 3.05) is 5.75 Å². The maximum Gasteiger partial charge on any atom is 0.251 e. The molecule has 3 unspecified atom stereocenters. The molecule has 3 rings (SSSR count). The van der Waals surface area contributed by atoms with Gasteiger partial charge in [-0.3, -0.25) is 14.9 Å². The molecular formula is C12H17N3O2S. The molecule has 2 heterocycles. The number of nitrogens with one attached hydrogen (secondary N) is 2. The van der Waals surface area contributed by atoms with Gasteiger partial charge < -0.3 is 5.32 Å². The van der Waals surface area contributed by atoms with E-state index in [4.69, 9.17) is 0 Å². The third-order valence-electron chi connectivity index (χ3n) is 3.89. The van der Waals surface area contributed by atoms with Crippen molar-refractivity contribution in [1.29, 1.82) is 0 Å². The minimum absolute atomic E-state index is 0.184. The first-order valence-corrected chi connectivity index (χ1v) is 7.52. The van der Waals surface area contributed by atoms with Crippen LogP contribution in [0.15, 0.2) is 4.99 Å². The molecule has 3 fully saturated rings. The molecule has 2 N–H and O–H groups in total. The number of imide groups is 1. The van der Waals surface area contributed by atoms with E-state index in [9.17, 15) is 9.59 Å². The summed E-state index contributed by atoms with van der Waals surface area (Å²) in [6, 6.07) is 0.147. The van der Waals surface area contributed by atoms with Crippen LogP contribution in [-0.4, -0.2) is 34.8 Å². The molecule has 2 saturated heterocycles. The van der Waals surface area contributed by atoms with E-state index in [1.165, 1.54) is 19.3 Å². The fourth-order valence-electron chi connectivity index (χ4n) is 2.83. The standard InChI is InChI=1S/C12H17N3O2S/c16-10-5-4-9(11(17)15-10)14-12-13-8-3-1-2-7(8)6-18-12/h7-9H,1-6H2,(H,13,14)(H,15,16,17). The van der Waals surface area contributed by atoms with Gasteiger partial charge in [0, 0.05) is 18.2 Å². The molecule has 5 nitrogen and oxygen atoms in total. The number of thioether (sulfide) groups is 1. The lowest BCUT2D eigenvalue weighted by Crippen LogP contribution is -2.46. The zero-order valence-corrected chi connectivity index (χ0v) is 11.0. The number of carbonyl (C=O) groups is 2. The fraction of sp³-hybridized carbons (Fsp3) is 0.750. The first-order chi connectivity index (χ1) is 8.72. The van der Waals surface area contributed by atoms with Crippen LogP contribution in [0.4, 0.5) is 0 Å². The van der Waals surface area contributed by atoms with Gasteiger partial charge in [-0.2, -0.15) is 0 Å². The Morgan fingerprint density at radius 1 is 1.22 bits per heavy atom. The molecule has 0 bridgehead atoms. The first-order valence-electron chi connectivity index (χ1n) is 6.53. The van der Waals surface area contributed by atoms with E-state index in [0.717, 1.165) is 16.8 Å². The van der Waals surface area contributed by atoms with E-state index in [2.05, 4.69) is 15.6 Å². The molecule has 6 heteroatoms. The summed E-state index contributed by atoms with van der Waals surface area (Å²) in [6.45, 7) is 0. The van der Waals surface area contributed by atoms with Crippen LogP contribution in [-0.2, 0) is 9.59 Å². The Labute approximate surface area is 110 Å². The van der Waals surface area contributed by atoms with Crippen molar-refractivity contribution in [3.05, 3.63) is 0 Å². The number of rotatable bonds is 1. The Balaban J connectivity index is 1.65. The lowest BCUT2D eigenvalue weighted by Gasteiger charge is -2.29.